The summed E-state index contributed by atoms with van der Waals surface area (Å²) < 4.78 is 21.8. The molecule has 0 saturated carbocycles. The highest BCUT2D eigenvalue weighted by Gasteiger charge is 2.55. The molecule has 106 valence electrons. The first-order chi connectivity index (χ1) is 8.96. The van der Waals surface area contributed by atoms with Gasteiger partial charge in [-0.1, -0.05) is 5.11 Å². The van der Waals surface area contributed by atoms with Gasteiger partial charge in [0.25, 0.3) is 0 Å². The molecule has 2 aliphatic rings. The van der Waals surface area contributed by atoms with Gasteiger partial charge in [-0.3, -0.25) is 4.79 Å². The Bertz CT molecular complexity index is 407. The molecule has 2 rings (SSSR count). The van der Waals surface area contributed by atoms with Crippen LogP contribution in [0.25, 0.3) is 10.4 Å². The van der Waals surface area contributed by atoms with Crippen molar-refractivity contribution in [2.75, 3.05) is 13.7 Å². The van der Waals surface area contributed by atoms with E-state index in [4.69, 9.17) is 19.7 Å². The summed E-state index contributed by atoms with van der Waals surface area (Å²) >= 11 is 0. The van der Waals surface area contributed by atoms with Gasteiger partial charge in [0, 0.05) is 4.91 Å². The molecular formula is C11H17N3O5. The van der Waals surface area contributed by atoms with Crippen LogP contribution in [-0.4, -0.2) is 49.8 Å². The Morgan fingerprint density at radius 3 is 2.58 bits per heavy atom. The van der Waals surface area contributed by atoms with E-state index in [-0.39, 0.29) is 31.1 Å². The molecule has 0 spiro atoms. The van der Waals surface area contributed by atoms with Crippen molar-refractivity contribution in [2.45, 2.75) is 50.5 Å². The second kappa shape index (κ2) is 5.34. The quantitative estimate of drug-likeness (QED) is 0.330. The van der Waals surface area contributed by atoms with Crippen molar-refractivity contribution in [3.63, 3.8) is 0 Å². The molecular weight excluding hydrogens is 254 g/mol. The summed E-state index contributed by atoms with van der Waals surface area (Å²) in [6.45, 7) is 3.74. The molecule has 3 unspecified atom stereocenters. The second-order valence-electron chi connectivity index (χ2n) is 4.97. The van der Waals surface area contributed by atoms with Gasteiger partial charge < -0.3 is 18.9 Å². The van der Waals surface area contributed by atoms with Crippen LogP contribution in [0.2, 0.25) is 0 Å². The molecule has 4 atom stereocenters. The SMILES string of the molecule is COC(=O)CC1O[C@H](CN=[N+]=[N-])C2OC(C)(C)OC12. The van der Waals surface area contributed by atoms with Crippen molar-refractivity contribution in [1.29, 1.82) is 0 Å². The number of fused-ring (bicyclic) bond motifs is 1. The molecule has 0 N–H and O–H groups in total. The molecule has 2 fully saturated rings. The summed E-state index contributed by atoms with van der Waals surface area (Å²) in [6.07, 6.45) is -1.46. The number of hydrogen-bond donors (Lipinski definition) is 0. The smallest absolute Gasteiger partial charge is 0.308 e. The largest absolute Gasteiger partial charge is 0.469 e. The Morgan fingerprint density at radius 1 is 1.37 bits per heavy atom. The van der Waals surface area contributed by atoms with Gasteiger partial charge in [-0.15, -0.1) is 0 Å². The number of esters is 1. The van der Waals surface area contributed by atoms with Crippen molar-refractivity contribution in [1.82, 2.24) is 0 Å². The van der Waals surface area contributed by atoms with Gasteiger partial charge >= 0.3 is 5.97 Å². The molecule has 2 saturated heterocycles. The third-order valence-electron chi connectivity index (χ3n) is 3.17. The van der Waals surface area contributed by atoms with Crippen LogP contribution < -0.4 is 0 Å². The fourth-order valence-corrected chi connectivity index (χ4v) is 2.45. The number of nitrogens with zero attached hydrogens (tertiary/aromatic N) is 3. The summed E-state index contributed by atoms with van der Waals surface area (Å²) in [5.74, 6) is -1.11. The highest BCUT2D eigenvalue weighted by atomic mass is 16.8. The summed E-state index contributed by atoms with van der Waals surface area (Å²) in [7, 11) is 1.32. The normalized spacial score (nSPS) is 35.5. The highest BCUT2D eigenvalue weighted by Crippen LogP contribution is 2.39. The maximum absolute atomic E-state index is 11.4. The third kappa shape index (κ3) is 2.98. The van der Waals surface area contributed by atoms with Gasteiger partial charge in [0.05, 0.1) is 32.3 Å². The van der Waals surface area contributed by atoms with Crippen LogP contribution in [0.5, 0.6) is 0 Å². The molecule has 0 aromatic heterocycles. The summed E-state index contributed by atoms with van der Waals surface area (Å²) in [5, 5.41) is 3.50. The number of methoxy groups -OCH3 is 1. The number of rotatable bonds is 4. The first-order valence-electron chi connectivity index (χ1n) is 6.05. The van der Waals surface area contributed by atoms with E-state index in [1.807, 2.05) is 0 Å². The summed E-state index contributed by atoms with van der Waals surface area (Å²) in [6, 6.07) is 0. The van der Waals surface area contributed by atoms with Crippen LogP contribution >= 0.6 is 0 Å². The Hall–Kier alpha value is -1.34. The van der Waals surface area contributed by atoms with Gasteiger partial charge in [-0.05, 0) is 19.4 Å². The second-order valence-corrected chi connectivity index (χ2v) is 4.97. The molecule has 0 bridgehead atoms. The molecule has 19 heavy (non-hydrogen) atoms. The molecule has 0 aromatic carbocycles. The van der Waals surface area contributed by atoms with E-state index in [9.17, 15) is 4.79 Å². The molecule has 8 nitrogen and oxygen atoms in total. The molecule has 8 heteroatoms. The Morgan fingerprint density at radius 2 is 2.00 bits per heavy atom. The number of carbonyl (C=O) groups excluding carboxylic acids is 1. The minimum atomic E-state index is -0.734. The number of ether oxygens (including phenoxy) is 4. The topological polar surface area (TPSA) is 103 Å². The van der Waals surface area contributed by atoms with E-state index in [0.717, 1.165) is 0 Å². The lowest BCUT2D eigenvalue weighted by Gasteiger charge is -2.23. The number of carbonyl (C=O) groups is 1. The predicted molar refractivity (Wildman–Crippen MR) is 63.1 cm³/mol. The van der Waals surface area contributed by atoms with E-state index in [1.54, 1.807) is 13.8 Å². The van der Waals surface area contributed by atoms with Gasteiger partial charge in [0.2, 0.25) is 0 Å². The fraction of sp³-hybridized carbons (Fsp3) is 0.909. The molecule has 0 aromatic rings. The van der Waals surface area contributed by atoms with Gasteiger partial charge in [-0.25, -0.2) is 0 Å². The first-order valence-corrected chi connectivity index (χ1v) is 6.05. The zero-order valence-electron chi connectivity index (χ0n) is 11.1. The molecule has 2 heterocycles. The molecule has 2 aliphatic heterocycles. The highest BCUT2D eigenvalue weighted by molar-refractivity contribution is 5.70. The molecule has 0 amide bonds. The third-order valence-corrected chi connectivity index (χ3v) is 3.17. The van der Waals surface area contributed by atoms with Crippen LogP contribution in [0.3, 0.4) is 0 Å². The van der Waals surface area contributed by atoms with E-state index in [0.29, 0.717) is 0 Å². The van der Waals surface area contributed by atoms with Gasteiger partial charge in [0.15, 0.2) is 5.79 Å². The van der Waals surface area contributed by atoms with Crippen molar-refractivity contribution < 1.29 is 23.7 Å². The Balaban J connectivity index is 2.10. The van der Waals surface area contributed by atoms with Crippen LogP contribution in [-0.2, 0) is 23.7 Å². The lowest BCUT2D eigenvalue weighted by atomic mass is 10.1. The minimum absolute atomic E-state index is 0.0872. The van der Waals surface area contributed by atoms with Crippen LogP contribution in [0.4, 0.5) is 0 Å². The Kier molecular flexibility index (Phi) is 3.96. The van der Waals surface area contributed by atoms with Crippen LogP contribution in [0.15, 0.2) is 5.11 Å². The summed E-state index contributed by atoms with van der Waals surface area (Å²) in [4.78, 5) is 14.1. The average Bonchev–Trinajstić information content (AvgIpc) is 2.82. The van der Waals surface area contributed by atoms with Crippen molar-refractivity contribution in [3.05, 3.63) is 10.4 Å². The van der Waals surface area contributed by atoms with E-state index >= 15 is 0 Å². The Labute approximate surface area is 110 Å². The monoisotopic (exact) mass is 271 g/mol. The van der Waals surface area contributed by atoms with E-state index < -0.39 is 18.0 Å². The average molecular weight is 271 g/mol. The lowest BCUT2D eigenvalue weighted by Crippen LogP contribution is -2.31. The maximum Gasteiger partial charge on any atom is 0.308 e. The standard InChI is InChI=1S/C11H17N3O5/c1-11(2)18-9-6(4-8(15)16-3)17-7(5-13-14-12)10(9)19-11/h6-7,9-10H,4-5H2,1-3H3/t6?,7-,9?,10?/m1/s1. The van der Waals surface area contributed by atoms with E-state index in [2.05, 4.69) is 14.8 Å². The zero-order valence-corrected chi connectivity index (χ0v) is 11.1. The summed E-state index contributed by atoms with van der Waals surface area (Å²) in [5.41, 5.74) is 8.38. The van der Waals surface area contributed by atoms with Crippen molar-refractivity contribution >= 4 is 5.97 Å². The predicted octanol–water partition coefficient (Wildman–Crippen LogP) is 1.15. The fourth-order valence-electron chi connectivity index (χ4n) is 2.45. The number of azide groups is 1. The zero-order chi connectivity index (χ0) is 14.0. The number of hydrogen-bond acceptors (Lipinski definition) is 6. The van der Waals surface area contributed by atoms with Gasteiger partial charge in [0.1, 0.15) is 12.2 Å². The van der Waals surface area contributed by atoms with Crippen LogP contribution in [0.1, 0.15) is 20.3 Å². The maximum atomic E-state index is 11.4. The lowest BCUT2D eigenvalue weighted by molar-refractivity contribution is -0.188. The van der Waals surface area contributed by atoms with Crippen molar-refractivity contribution in [3.8, 4) is 0 Å². The van der Waals surface area contributed by atoms with Crippen LogP contribution in [0, 0.1) is 0 Å². The van der Waals surface area contributed by atoms with E-state index in [1.165, 1.54) is 7.11 Å². The first kappa shape index (κ1) is 14.1. The van der Waals surface area contributed by atoms with Gasteiger partial charge in [-0.2, -0.15) is 0 Å². The van der Waals surface area contributed by atoms with Crippen molar-refractivity contribution in [2.24, 2.45) is 5.11 Å². The minimum Gasteiger partial charge on any atom is -0.469 e. The molecule has 0 radical (unpaired) electrons. The molecule has 0 aliphatic carbocycles.